The van der Waals surface area contributed by atoms with E-state index in [0.717, 1.165) is 5.56 Å². The third-order valence-electron chi connectivity index (χ3n) is 3.17. The molecule has 1 aromatic carbocycles. The van der Waals surface area contributed by atoms with Crippen LogP contribution in [-0.2, 0) is 11.3 Å². The molecule has 0 atom stereocenters. The Balaban J connectivity index is 2.81. The Morgan fingerprint density at radius 3 is 2.37 bits per heavy atom. The van der Waals surface area contributed by atoms with Crippen molar-refractivity contribution in [3.05, 3.63) is 35.4 Å². The van der Waals surface area contributed by atoms with Crippen molar-refractivity contribution in [3.63, 3.8) is 0 Å². The highest BCUT2D eigenvalue weighted by molar-refractivity contribution is 6.05. The summed E-state index contributed by atoms with van der Waals surface area (Å²) in [7, 11) is 1.70. The Morgan fingerprint density at radius 1 is 1.37 bits per heavy atom. The Bertz CT molecular complexity index is 478. The van der Waals surface area contributed by atoms with Crippen molar-refractivity contribution in [2.24, 2.45) is 16.3 Å². The highest BCUT2D eigenvalue weighted by Crippen LogP contribution is 2.19. The van der Waals surface area contributed by atoms with Crippen LogP contribution >= 0.6 is 0 Å². The monoisotopic (exact) mass is 263 g/mol. The molecule has 3 N–H and O–H groups in total. The number of rotatable bonds is 4. The van der Waals surface area contributed by atoms with Gasteiger partial charge in [0.05, 0.1) is 0 Å². The Kier molecular flexibility index (Phi) is 4.53. The highest BCUT2D eigenvalue weighted by Gasteiger charge is 2.35. The van der Waals surface area contributed by atoms with Crippen LogP contribution in [0.3, 0.4) is 0 Å². The van der Waals surface area contributed by atoms with Crippen molar-refractivity contribution in [2.75, 3.05) is 7.05 Å². The minimum absolute atomic E-state index is 0.0896. The molecule has 0 saturated carbocycles. The molecule has 1 aromatic rings. The van der Waals surface area contributed by atoms with Gasteiger partial charge in [-0.2, -0.15) is 0 Å². The Morgan fingerprint density at radius 2 is 1.89 bits per heavy atom. The summed E-state index contributed by atoms with van der Waals surface area (Å²) in [5.41, 5.74) is 6.75. The molecule has 0 aliphatic rings. The van der Waals surface area contributed by atoms with E-state index < -0.39 is 5.41 Å². The third kappa shape index (κ3) is 3.47. The number of amides is 1. The van der Waals surface area contributed by atoms with Crippen LogP contribution in [0.15, 0.2) is 29.4 Å². The maximum atomic E-state index is 12.3. The van der Waals surface area contributed by atoms with Crippen LogP contribution < -0.4 is 5.73 Å². The molecule has 0 radical (unpaired) electrons. The predicted molar refractivity (Wildman–Crippen MR) is 74.8 cm³/mol. The van der Waals surface area contributed by atoms with E-state index in [4.69, 9.17) is 10.9 Å². The lowest BCUT2D eigenvalue weighted by Crippen LogP contribution is -2.46. The van der Waals surface area contributed by atoms with Gasteiger partial charge >= 0.3 is 0 Å². The standard InChI is InChI=1S/C14H21N3O2/c1-10-5-7-11(8-6-10)9-17(4)13(18)14(2,3)12(15)16-19/h5-8,19H,9H2,1-4H3,(H2,15,16). The number of hydrogen-bond acceptors (Lipinski definition) is 3. The average Bonchev–Trinajstić information content (AvgIpc) is 2.39. The molecule has 1 amide bonds. The van der Waals surface area contributed by atoms with Gasteiger partial charge in [0, 0.05) is 13.6 Å². The Hall–Kier alpha value is -2.04. The van der Waals surface area contributed by atoms with Crippen molar-refractivity contribution >= 4 is 11.7 Å². The van der Waals surface area contributed by atoms with E-state index in [-0.39, 0.29) is 11.7 Å². The van der Waals surface area contributed by atoms with Gasteiger partial charge in [0.2, 0.25) is 5.91 Å². The molecule has 0 aliphatic heterocycles. The second-order valence-corrected chi connectivity index (χ2v) is 5.26. The number of hydrogen-bond donors (Lipinski definition) is 2. The molecule has 0 aliphatic carbocycles. The average molecular weight is 263 g/mol. The number of amidine groups is 1. The number of nitrogens with zero attached hydrogens (tertiary/aromatic N) is 2. The summed E-state index contributed by atoms with van der Waals surface area (Å²) in [6.07, 6.45) is 0. The summed E-state index contributed by atoms with van der Waals surface area (Å²) < 4.78 is 0. The molecule has 0 spiro atoms. The van der Waals surface area contributed by atoms with Crippen LogP contribution in [0.5, 0.6) is 0 Å². The van der Waals surface area contributed by atoms with Crippen LogP contribution in [0.25, 0.3) is 0 Å². The number of carbonyl (C=O) groups is 1. The van der Waals surface area contributed by atoms with E-state index in [1.807, 2.05) is 31.2 Å². The first-order valence-corrected chi connectivity index (χ1v) is 6.08. The van der Waals surface area contributed by atoms with Crippen molar-refractivity contribution in [3.8, 4) is 0 Å². The lowest BCUT2D eigenvalue weighted by molar-refractivity contribution is -0.136. The van der Waals surface area contributed by atoms with Crippen molar-refractivity contribution in [2.45, 2.75) is 27.3 Å². The van der Waals surface area contributed by atoms with Gasteiger partial charge in [-0.25, -0.2) is 0 Å². The number of benzene rings is 1. The first-order chi connectivity index (χ1) is 8.78. The maximum Gasteiger partial charge on any atom is 0.235 e. The van der Waals surface area contributed by atoms with Gasteiger partial charge in [-0.1, -0.05) is 35.0 Å². The lowest BCUT2D eigenvalue weighted by atomic mass is 9.90. The fourth-order valence-corrected chi connectivity index (χ4v) is 1.75. The quantitative estimate of drug-likeness (QED) is 0.376. The van der Waals surface area contributed by atoms with Gasteiger partial charge in [-0.05, 0) is 26.3 Å². The molecule has 5 heteroatoms. The van der Waals surface area contributed by atoms with E-state index in [9.17, 15) is 4.79 Å². The van der Waals surface area contributed by atoms with E-state index in [2.05, 4.69) is 5.16 Å². The largest absolute Gasteiger partial charge is 0.409 e. The first kappa shape index (κ1) is 15.0. The lowest BCUT2D eigenvalue weighted by Gasteiger charge is -2.28. The molecule has 1 rings (SSSR count). The van der Waals surface area contributed by atoms with E-state index in [0.29, 0.717) is 6.54 Å². The zero-order valence-electron chi connectivity index (χ0n) is 11.8. The molecule has 0 aromatic heterocycles. The minimum Gasteiger partial charge on any atom is -0.409 e. The fourth-order valence-electron chi connectivity index (χ4n) is 1.75. The first-order valence-electron chi connectivity index (χ1n) is 6.08. The van der Waals surface area contributed by atoms with Gasteiger partial charge < -0.3 is 15.8 Å². The van der Waals surface area contributed by atoms with Crippen molar-refractivity contribution in [1.82, 2.24) is 4.90 Å². The van der Waals surface area contributed by atoms with Crippen LogP contribution in [-0.4, -0.2) is 28.9 Å². The predicted octanol–water partition coefficient (Wildman–Crippen LogP) is 1.73. The number of aryl methyl sites for hydroxylation is 1. The molecule has 19 heavy (non-hydrogen) atoms. The fraction of sp³-hybridized carbons (Fsp3) is 0.429. The maximum absolute atomic E-state index is 12.3. The molecule has 5 nitrogen and oxygen atoms in total. The topological polar surface area (TPSA) is 78.9 Å². The summed E-state index contributed by atoms with van der Waals surface area (Å²) in [5.74, 6) is -0.281. The van der Waals surface area contributed by atoms with Crippen LogP contribution in [0.2, 0.25) is 0 Å². The van der Waals surface area contributed by atoms with Crippen molar-refractivity contribution < 1.29 is 10.0 Å². The minimum atomic E-state index is -1.02. The van der Waals surface area contributed by atoms with Gasteiger partial charge in [0.15, 0.2) is 5.84 Å². The molecule has 0 bridgehead atoms. The molecule has 0 unspecified atom stereocenters. The van der Waals surface area contributed by atoms with Gasteiger partial charge in [-0.15, -0.1) is 0 Å². The highest BCUT2D eigenvalue weighted by atomic mass is 16.4. The van der Waals surface area contributed by atoms with E-state index in [1.165, 1.54) is 5.56 Å². The molecular formula is C14H21N3O2. The smallest absolute Gasteiger partial charge is 0.235 e. The molecule has 0 heterocycles. The summed E-state index contributed by atoms with van der Waals surface area (Å²) in [5, 5.41) is 11.6. The van der Waals surface area contributed by atoms with Gasteiger partial charge in [-0.3, -0.25) is 4.79 Å². The van der Waals surface area contributed by atoms with Crippen LogP contribution in [0, 0.1) is 12.3 Å². The molecule has 0 saturated heterocycles. The van der Waals surface area contributed by atoms with Crippen LogP contribution in [0.1, 0.15) is 25.0 Å². The third-order valence-corrected chi connectivity index (χ3v) is 3.17. The van der Waals surface area contributed by atoms with Crippen LogP contribution in [0.4, 0.5) is 0 Å². The zero-order chi connectivity index (χ0) is 14.6. The normalized spacial score (nSPS) is 12.3. The second kappa shape index (κ2) is 5.73. The van der Waals surface area contributed by atoms with E-state index >= 15 is 0 Å². The van der Waals surface area contributed by atoms with E-state index in [1.54, 1.807) is 25.8 Å². The summed E-state index contributed by atoms with van der Waals surface area (Å²) in [6.45, 7) is 5.77. The summed E-state index contributed by atoms with van der Waals surface area (Å²) in [6, 6.07) is 7.97. The summed E-state index contributed by atoms with van der Waals surface area (Å²) in [4.78, 5) is 13.9. The molecule has 104 valence electrons. The molecule has 0 fully saturated rings. The zero-order valence-corrected chi connectivity index (χ0v) is 11.8. The van der Waals surface area contributed by atoms with Gasteiger partial charge in [0.25, 0.3) is 0 Å². The van der Waals surface area contributed by atoms with Gasteiger partial charge in [0.1, 0.15) is 5.41 Å². The number of nitrogens with two attached hydrogens (primary N) is 1. The second-order valence-electron chi connectivity index (χ2n) is 5.26. The summed E-state index contributed by atoms with van der Waals surface area (Å²) >= 11 is 0. The number of carbonyl (C=O) groups excluding carboxylic acids is 1. The SMILES string of the molecule is Cc1ccc(CN(C)C(=O)C(C)(C)C(N)=NO)cc1. The molecular weight excluding hydrogens is 242 g/mol. The number of oxime groups is 1. The van der Waals surface area contributed by atoms with Crippen molar-refractivity contribution in [1.29, 1.82) is 0 Å². The Labute approximate surface area is 113 Å².